The van der Waals surface area contributed by atoms with E-state index in [0.717, 1.165) is 12.8 Å². The van der Waals surface area contributed by atoms with Crippen molar-refractivity contribution >= 4 is 11.9 Å². The summed E-state index contributed by atoms with van der Waals surface area (Å²) < 4.78 is 21.2. The first kappa shape index (κ1) is 27.2. The SMILES string of the molecule is CC(C)CCCNC(=O)c1cccc(OCC(N=[N+]=[N-])OCCOCC(=O)OC(C)C)c1. The molecule has 0 spiro atoms. The largest absolute Gasteiger partial charge is 0.491 e. The second-order valence-corrected chi connectivity index (χ2v) is 7.75. The molecule has 1 amide bonds. The molecule has 0 saturated heterocycles. The van der Waals surface area contributed by atoms with Crippen LogP contribution < -0.4 is 10.1 Å². The minimum atomic E-state index is -0.889. The molecule has 1 aromatic carbocycles. The van der Waals surface area contributed by atoms with E-state index < -0.39 is 12.2 Å². The molecule has 0 aliphatic carbocycles. The number of ether oxygens (including phenoxy) is 4. The molecule has 1 atom stereocenters. The molecular formula is C22H34N4O6. The number of hydrogen-bond acceptors (Lipinski definition) is 7. The van der Waals surface area contributed by atoms with Gasteiger partial charge < -0.3 is 24.3 Å². The summed E-state index contributed by atoms with van der Waals surface area (Å²) >= 11 is 0. The predicted molar refractivity (Wildman–Crippen MR) is 119 cm³/mol. The molecule has 32 heavy (non-hydrogen) atoms. The van der Waals surface area contributed by atoms with Crippen LogP contribution in [0.3, 0.4) is 0 Å². The molecule has 0 radical (unpaired) electrons. The smallest absolute Gasteiger partial charge is 0.332 e. The average molecular weight is 451 g/mol. The quantitative estimate of drug-likeness (QED) is 0.134. The zero-order valence-corrected chi connectivity index (χ0v) is 19.3. The lowest BCUT2D eigenvalue weighted by Gasteiger charge is -2.15. The lowest BCUT2D eigenvalue weighted by Crippen LogP contribution is -2.25. The van der Waals surface area contributed by atoms with Crippen molar-refractivity contribution in [3.8, 4) is 5.75 Å². The zero-order chi connectivity index (χ0) is 23.8. The summed E-state index contributed by atoms with van der Waals surface area (Å²) in [6.45, 7) is 8.41. The van der Waals surface area contributed by atoms with E-state index >= 15 is 0 Å². The van der Waals surface area contributed by atoms with Gasteiger partial charge in [0.2, 0.25) is 0 Å². The summed E-state index contributed by atoms with van der Waals surface area (Å²) in [6, 6.07) is 6.74. The highest BCUT2D eigenvalue weighted by Gasteiger charge is 2.11. The normalized spacial score (nSPS) is 11.7. The molecule has 0 aromatic heterocycles. The second kappa shape index (κ2) is 15.9. The molecule has 1 unspecified atom stereocenters. The molecule has 10 heteroatoms. The number of rotatable bonds is 16. The van der Waals surface area contributed by atoms with Crippen LogP contribution in [0, 0.1) is 5.92 Å². The van der Waals surface area contributed by atoms with Crippen molar-refractivity contribution in [2.45, 2.75) is 52.9 Å². The molecule has 0 saturated carbocycles. The fourth-order valence-electron chi connectivity index (χ4n) is 2.58. The van der Waals surface area contributed by atoms with Gasteiger partial charge >= 0.3 is 5.97 Å². The number of esters is 1. The highest BCUT2D eigenvalue weighted by Crippen LogP contribution is 2.14. The van der Waals surface area contributed by atoms with Crippen LogP contribution >= 0.6 is 0 Å². The van der Waals surface area contributed by atoms with Gasteiger partial charge in [0, 0.05) is 17.0 Å². The van der Waals surface area contributed by atoms with Gasteiger partial charge in [-0.05, 0) is 56.3 Å². The molecule has 10 nitrogen and oxygen atoms in total. The van der Waals surface area contributed by atoms with E-state index in [4.69, 9.17) is 24.5 Å². The van der Waals surface area contributed by atoms with E-state index in [1.165, 1.54) is 0 Å². The first-order valence-electron chi connectivity index (χ1n) is 10.8. The number of nitrogens with one attached hydrogen (secondary N) is 1. The van der Waals surface area contributed by atoms with Crippen LogP contribution in [0.25, 0.3) is 10.4 Å². The van der Waals surface area contributed by atoms with Gasteiger partial charge in [0.25, 0.3) is 5.91 Å². The van der Waals surface area contributed by atoms with E-state index in [1.807, 2.05) is 0 Å². The van der Waals surface area contributed by atoms with E-state index in [0.29, 0.717) is 23.8 Å². The van der Waals surface area contributed by atoms with Gasteiger partial charge in [-0.3, -0.25) is 4.79 Å². The number of nitrogens with zero attached hydrogens (tertiary/aromatic N) is 3. The molecule has 0 aliphatic rings. The van der Waals surface area contributed by atoms with Crippen molar-refractivity contribution in [2.75, 3.05) is 33.0 Å². The predicted octanol–water partition coefficient (Wildman–Crippen LogP) is 3.85. The van der Waals surface area contributed by atoms with Crippen LogP contribution in [0.4, 0.5) is 0 Å². The van der Waals surface area contributed by atoms with Crippen molar-refractivity contribution in [3.63, 3.8) is 0 Å². The summed E-state index contributed by atoms with van der Waals surface area (Å²) in [5.74, 6) is 0.422. The van der Waals surface area contributed by atoms with E-state index in [1.54, 1.807) is 38.1 Å². The maximum absolute atomic E-state index is 12.3. The topological polar surface area (TPSA) is 132 Å². The molecule has 1 N–H and O–H groups in total. The van der Waals surface area contributed by atoms with Gasteiger partial charge in [-0.15, -0.1) is 0 Å². The van der Waals surface area contributed by atoms with Gasteiger partial charge in [-0.1, -0.05) is 25.0 Å². The first-order chi connectivity index (χ1) is 15.3. The third-order valence-electron chi connectivity index (χ3n) is 4.04. The third-order valence-corrected chi connectivity index (χ3v) is 4.04. The Hall–Kier alpha value is -2.81. The number of benzene rings is 1. The first-order valence-corrected chi connectivity index (χ1v) is 10.8. The number of amides is 1. The molecule has 0 bridgehead atoms. The molecule has 1 aromatic rings. The fraction of sp³-hybridized carbons (Fsp3) is 0.636. The van der Waals surface area contributed by atoms with Crippen LogP contribution in [-0.2, 0) is 19.0 Å². The fourth-order valence-corrected chi connectivity index (χ4v) is 2.58. The highest BCUT2D eigenvalue weighted by atomic mass is 16.6. The molecule has 1 rings (SSSR count). The molecular weight excluding hydrogens is 416 g/mol. The van der Waals surface area contributed by atoms with Crippen LogP contribution in [-0.4, -0.2) is 57.2 Å². The Morgan fingerprint density at radius 2 is 1.97 bits per heavy atom. The molecule has 178 valence electrons. The second-order valence-electron chi connectivity index (χ2n) is 7.75. The van der Waals surface area contributed by atoms with Gasteiger partial charge in [-0.25, -0.2) is 4.79 Å². The number of azide groups is 1. The van der Waals surface area contributed by atoms with Crippen molar-refractivity contribution < 1.29 is 28.5 Å². The minimum Gasteiger partial charge on any atom is -0.491 e. The maximum Gasteiger partial charge on any atom is 0.332 e. The maximum atomic E-state index is 12.3. The van der Waals surface area contributed by atoms with Gasteiger partial charge in [0.1, 0.15) is 19.0 Å². The summed E-state index contributed by atoms with van der Waals surface area (Å²) in [4.78, 5) is 26.4. The van der Waals surface area contributed by atoms with Crippen LogP contribution in [0.1, 0.15) is 50.9 Å². The molecule has 0 aliphatic heterocycles. The summed E-state index contributed by atoms with van der Waals surface area (Å²) in [6.07, 6.45) is 0.882. The Balaban J connectivity index is 2.41. The van der Waals surface area contributed by atoms with Crippen molar-refractivity contribution in [3.05, 3.63) is 40.3 Å². The Bertz CT molecular complexity index is 750. The van der Waals surface area contributed by atoms with Crippen LogP contribution in [0.15, 0.2) is 29.4 Å². The Morgan fingerprint density at radius 3 is 2.66 bits per heavy atom. The van der Waals surface area contributed by atoms with Crippen molar-refractivity contribution in [2.24, 2.45) is 11.0 Å². The number of hydrogen-bond donors (Lipinski definition) is 1. The van der Waals surface area contributed by atoms with Crippen molar-refractivity contribution in [1.82, 2.24) is 5.32 Å². The lowest BCUT2D eigenvalue weighted by atomic mass is 10.1. The minimum absolute atomic E-state index is 0.0427. The summed E-state index contributed by atoms with van der Waals surface area (Å²) in [5, 5.41) is 6.43. The summed E-state index contributed by atoms with van der Waals surface area (Å²) in [5.41, 5.74) is 9.21. The standard InChI is InChI=1S/C22H34N4O6/c1-16(2)7-6-10-24-22(28)18-8-5-9-19(13-18)31-14-20(25-26-23)30-12-11-29-15-21(27)32-17(3)4/h5,8-9,13,16-17,20H,6-7,10-12,14-15H2,1-4H3,(H,24,28). The van der Waals surface area contributed by atoms with E-state index in [9.17, 15) is 9.59 Å². The Kier molecular flexibility index (Phi) is 13.5. The molecule has 0 heterocycles. The lowest BCUT2D eigenvalue weighted by molar-refractivity contribution is -0.153. The summed E-state index contributed by atoms with van der Waals surface area (Å²) in [7, 11) is 0. The highest BCUT2D eigenvalue weighted by molar-refractivity contribution is 5.94. The van der Waals surface area contributed by atoms with Crippen LogP contribution in [0.2, 0.25) is 0 Å². The zero-order valence-electron chi connectivity index (χ0n) is 19.3. The Labute approximate surface area is 189 Å². The van der Waals surface area contributed by atoms with Gasteiger partial charge in [0.15, 0.2) is 6.23 Å². The monoisotopic (exact) mass is 450 g/mol. The number of carbonyl (C=O) groups is 2. The van der Waals surface area contributed by atoms with E-state index in [2.05, 4.69) is 29.2 Å². The van der Waals surface area contributed by atoms with Gasteiger partial charge in [0.05, 0.1) is 19.3 Å². The van der Waals surface area contributed by atoms with E-state index in [-0.39, 0.29) is 38.4 Å². The third kappa shape index (κ3) is 12.8. The van der Waals surface area contributed by atoms with Gasteiger partial charge in [-0.2, -0.15) is 0 Å². The van der Waals surface area contributed by atoms with Crippen LogP contribution in [0.5, 0.6) is 5.75 Å². The average Bonchev–Trinajstić information content (AvgIpc) is 2.74. The van der Waals surface area contributed by atoms with Crippen molar-refractivity contribution in [1.29, 1.82) is 0 Å². The Morgan fingerprint density at radius 1 is 1.19 bits per heavy atom. The molecule has 0 fully saturated rings. The number of carbonyl (C=O) groups excluding carboxylic acids is 2.